The first-order valence-electron chi connectivity index (χ1n) is 14.8. The van der Waals surface area contributed by atoms with Crippen molar-refractivity contribution in [3.05, 3.63) is 115 Å². The predicted molar refractivity (Wildman–Crippen MR) is 175 cm³/mol. The van der Waals surface area contributed by atoms with E-state index in [0.717, 1.165) is 5.39 Å². The van der Waals surface area contributed by atoms with Gasteiger partial charge in [-0.1, -0.05) is 62.4 Å². The van der Waals surface area contributed by atoms with Crippen molar-refractivity contribution in [1.82, 2.24) is 4.98 Å². The number of nitrogens with zero attached hydrogens (tertiary/aromatic N) is 2. The summed E-state index contributed by atoms with van der Waals surface area (Å²) >= 11 is 0. The van der Waals surface area contributed by atoms with Crippen LogP contribution in [0.5, 0.6) is 5.75 Å². The Hall–Kier alpha value is -5.90. The van der Waals surface area contributed by atoms with Gasteiger partial charge in [0.05, 0.1) is 18.5 Å². The van der Waals surface area contributed by atoms with Gasteiger partial charge in [0.15, 0.2) is 0 Å². The Balaban J connectivity index is 1.45. The maximum Gasteiger partial charge on any atom is 0.356 e. The number of aromatic amines is 1. The van der Waals surface area contributed by atoms with E-state index in [0.29, 0.717) is 34.0 Å². The van der Waals surface area contributed by atoms with Crippen LogP contribution in [0, 0.1) is 5.92 Å². The van der Waals surface area contributed by atoms with Crippen molar-refractivity contribution in [3.63, 3.8) is 0 Å². The third-order valence-corrected chi connectivity index (χ3v) is 7.81. The molecule has 2 heterocycles. The summed E-state index contributed by atoms with van der Waals surface area (Å²) in [5, 5.41) is 3.66. The monoisotopic (exact) mass is 616 g/mol. The summed E-state index contributed by atoms with van der Waals surface area (Å²) in [5.74, 6) is -2.78. The smallest absolute Gasteiger partial charge is 0.356 e. The first-order chi connectivity index (χ1) is 22.3. The average Bonchev–Trinajstić information content (AvgIpc) is 3.48. The van der Waals surface area contributed by atoms with Crippen molar-refractivity contribution >= 4 is 57.3 Å². The van der Waals surface area contributed by atoms with Crippen molar-refractivity contribution in [2.75, 3.05) is 22.2 Å². The minimum absolute atomic E-state index is 0.0824. The number of hydrogen-bond donors (Lipinski definition) is 2. The lowest BCUT2D eigenvalue weighted by atomic mass is 9.99. The summed E-state index contributed by atoms with van der Waals surface area (Å²) in [6.45, 7) is 3.61. The lowest BCUT2D eigenvalue weighted by Gasteiger charge is -2.34. The molecule has 2 unspecified atom stereocenters. The quantitative estimate of drug-likeness (QED) is 0.161. The molecular weight excluding hydrogens is 584 g/mol. The number of nitrogens with one attached hydrogen (secondary N) is 2. The molecule has 5 aromatic rings. The number of fused-ring (bicyclic) bond motifs is 2. The minimum Gasteiger partial charge on any atom is -0.497 e. The standard InChI is InChI=1S/C36H32N4O6/c1-22(2)31(33(41)37-24-17-19-26(45-3)20-18-24)40-30-16-10-9-15-29(30)39(25-12-5-4-6-13-25)34(42)32(35(40)43)46-36(44)28-21-23-11-7-8-14-27(23)38-28/h4-22,31-32,38H,1-3H3,(H,37,41). The van der Waals surface area contributed by atoms with Crippen LogP contribution >= 0.6 is 0 Å². The molecule has 1 aliphatic heterocycles. The number of anilines is 4. The van der Waals surface area contributed by atoms with Gasteiger partial charge in [0, 0.05) is 22.3 Å². The summed E-state index contributed by atoms with van der Waals surface area (Å²) in [6, 6.07) is 30.2. The zero-order chi connectivity index (χ0) is 32.4. The Morgan fingerprint density at radius 2 is 1.46 bits per heavy atom. The average molecular weight is 617 g/mol. The fraction of sp³-hybridized carbons (Fsp3) is 0.167. The van der Waals surface area contributed by atoms with E-state index in [4.69, 9.17) is 9.47 Å². The molecule has 1 aromatic heterocycles. The van der Waals surface area contributed by atoms with Gasteiger partial charge in [-0.3, -0.25) is 24.2 Å². The molecule has 4 aromatic carbocycles. The highest BCUT2D eigenvalue weighted by Crippen LogP contribution is 2.40. The molecule has 10 heteroatoms. The number of H-pyrrole nitrogens is 1. The van der Waals surface area contributed by atoms with Gasteiger partial charge in [-0.2, -0.15) is 0 Å². The van der Waals surface area contributed by atoms with Crippen molar-refractivity contribution < 1.29 is 28.7 Å². The summed E-state index contributed by atoms with van der Waals surface area (Å²) in [4.78, 5) is 62.2. The number of ether oxygens (including phenoxy) is 2. The van der Waals surface area contributed by atoms with Crippen LogP contribution in [0.4, 0.5) is 22.7 Å². The highest BCUT2D eigenvalue weighted by atomic mass is 16.6. The number of aromatic nitrogens is 1. The molecule has 0 bridgehead atoms. The Morgan fingerprint density at radius 3 is 2.13 bits per heavy atom. The molecule has 0 saturated heterocycles. The van der Waals surface area contributed by atoms with Gasteiger partial charge in [-0.15, -0.1) is 0 Å². The van der Waals surface area contributed by atoms with Crippen molar-refractivity contribution in [2.24, 2.45) is 5.92 Å². The van der Waals surface area contributed by atoms with E-state index in [-0.39, 0.29) is 5.69 Å². The highest BCUT2D eigenvalue weighted by Gasteiger charge is 2.48. The van der Waals surface area contributed by atoms with Crippen LogP contribution < -0.4 is 19.9 Å². The molecule has 10 nitrogen and oxygen atoms in total. The number of carbonyl (C=O) groups excluding carboxylic acids is 4. The van der Waals surface area contributed by atoms with Gasteiger partial charge >= 0.3 is 5.97 Å². The van der Waals surface area contributed by atoms with Crippen LogP contribution in [0.25, 0.3) is 10.9 Å². The topological polar surface area (TPSA) is 121 Å². The molecule has 2 N–H and O–H groups in total. The molecule has 1 aliphatic rings. The first-order valence-corrected chi connectivity index (χ1v) is 14.8. The van der Waals surface area contributed by atoms with Crippen LogP contribution in [0.2, 0.25) is 0 Å². The largest absolute Gasteiger partial charge is 0.497 e. The predicted octanol–water partition coefficient (Wildman–Crippen LogP) is 6.08. The zero-order valence-corrected chi connectivity index (χ0v) is 25.5. The number of methoxy groups -OCH3 is 1. The minimum atomic E-state index is -1.90. The molecule has 0 saturated carbocycles. The van der Waals surface area contributed by atoms with Gasteiger partial charge in [0.25, 0.3) is 17.9 Å². The van der Waals surface area contributed by atoms with Crippen molar-refractivity contribution in [1.29, 1.82) is 0 Å². The second kappa shape index (κ2) is 12.6. The molecule has 0 spiro atoms. The van der Waals surface area contributed by atoms with Gasteiger partial charge in [-0.25, -0.2) is 4.79 Å². The third kappa shape index (κ3) is 5.68. The number of rotatable bonds is 8. The zero-order valence-electron chi connectivity index (χ0n) is 25.5. The normalized spacial score (nSPS) is 15.3. The fourth-order valence-electron chi connectivity index (χ4n) is 5.64. The molecule has 232 valence electrons. The van der Waals surface area contributed by atoms with E-state index in [1.54, 1.807) is 112 Å². The lowest BCUT2D eigenvalue weighted by Crippen LogP contribution is -2.55. The van der Waals surface area contributed by atoms with Gasteiger partial charge in [-0.05, 0) is 66.6 Å². The van der Waals surface area contributed by atoms with E-state index in [1.807, 2.05) is 18.2 Å². The molecule has 3 amide bonds. The second-order valence-corrected chi connectivity index (χ2v) is 11.2. The van der Waals surface area contributed by atoms with Gasteiger partial charge < -0.3 is 19.8 Å². The molecule has 46 heavy (non-hydrogen) atoms. The lowest BCUT2D eigenvalue weighted by molar-refractivity contribution is -0.139. The van der Waals surface area contributed by atoms with E-state index in [2.05, 4.69) is 10.3 Å². The first kappa shape index (κ1) is 30.1. The third-order valence-electron chi connectivity index (χ3n) is 7.81. The molecule has 6 rings (SSSR count). The van der Waals surface area contributed by atoms with Crippen LogP contribution in [-0.4, -0.2) is 47.9 Å². The van der Waals surface area contributed by atoms with E-state index >= 15 is 0 Å². The molecule has 0 radical (unpaired) electrons. The number of para-hydroxylation sites is 4. The van der Waals surface area contributed by atoms with Gasteiger partial charge in [0.1, 0.15) is 17.5 Å². The summed E-state index contributed by atoms with van der Waals surface area (Å²) < 4.78 is 11.0. The highest BCUT2D eigenvalue weighted by molar-refractivity contribution is 6.24. The number of carbonyl (C=O) groups is 4. The maximum absolute atomic E-state index is 14.6. The Bertz CT molecular complexity index is 1890. The number of hydrogen-bond acceptors (Lipinski definition) is 6. The van der Waals surface area contributed by atoms with Crippen LogP contribution in [0.15, 0.2) is 109 Å². The maximum atomic E-state index is 14.6. The van der Waals surface area contributed by atoms with Crippen LogP contribution in [0.3, 0.4) is 0 Å². The van der Waals surface area contributed by atoms with E-state index < -0.39 is 41.8 Å². The Kier molecular flexibility index (Phi) is 8.26. The van der Waals surface area contributed by atoms with Crippen molar-refractivity contribution in [3.8, 4) is 5.75 Å². The molecule has 0 fully saturated rings. The fourth-order valence-corrected chi connectivity index (χ4v) is 5.64. The van der Waals surface area contributed by atoms with Gasteiger partial charge in [0.2, 0.25) is 5.91 Å². The van der Waals surface area contributed by atoms with E-state index in [9.17, 15) is 19.2 Å². The molecular formula is C36H32N4O6. The van der Waals surface area contributed by atoms with E-state index in [1.165, 1.54) is 9.80 Å². The summed E-state index contributed by atoms with van der Waals surface area (Å²) in [6.07, 6.45) is -1.90. The Morgan fingerprint density at radius 1 is 0.804 bits per heavy atom. The SMILES string of the molecule is COc1ccc(NC(=O)C(C(C)C)N2C(=O)C(OC(=O)c3cc4ccccc4[nH]3)C(=O)N(c3ccccc3)c3ccccc32)cc1. The summed E-state index contributed by atoms with van der Waals surface area (Å²) in [7, 11) is 1.55. The number of benzene rings is 4. The summed E-state index contributed by atoms with van der Waals surface area (Å²) in [5.41, 5.74) is 2.42. The molecule has 2 atom stereocenters. The number of esters is 1. The Labute approximate surface area is 265 Å². The molecule has 0 aliphatic carbocycles. The number of amides is 3. The van der Waals surface area contributed by atoms with Crippen LogP contribution in [0.1, 0.15) is 24.3 Å². The van der Waals surface area contributed by atoms with Crippen LogP contribution in [-0.2, 0) is 19.1 Å². The second-order valence-electron chi connectivity index (χ2n) is 11.2. The van der Waals surface area contributed by atoms with Crippen molar-refractivity contribution in [2.45, 2.75) is 26.0 Å².